The first-order valence-corrected chi connectivity index (χ1v) is 4.59. The van der Waals surface area contributed by atoms with Crippen LogP contribution in [-0.4, -0.2) is 13.1 Å². The van der Waals surface area contributed by atoms with Crippen LogP contribution in [0.1, 0.15) is 19.4 Å². The van der Waals surface area contributed by atoms with Gasteiger partial charge in [-0.25, -0.2) is 0 Å². The van der Waals surface area contributed by atoms with Gasteiger partial charge in [0, 0.05) is 18.8 Å². The summed E-state index contributed by atoms with van der Waals surface area (Å²) in [5, 5.41) is 0. The summed E-state index contributed by atoms with van der Waals surface area (Å²) in [6.07, 6.45) is 0. The summed E-state index contributed by atoms with van der Waals surface area (Å²) in [6, 6.07) is 8.64. The van der Waals surface area contributed by atoms with Crippen molar-refractivity contribution in [1.29, 1.82) is 0 Å². The summed E-state index contributed by atoms with van der Waals surface area (Å²) in [6.45, 7) is 8.67. The van der Waals surface area contributed by atoms with E-state index >= 15 is 0 Å². The van der Waals surface area contributed by atoms with Gasteiger partial charge in [0.1, 0.15) is 0 Å². The zero-order valence-corrected chi connectivity index (χ0v) is 8.17. The zero-order valence-electron chi connectivity index (χ0n) is 8.17. The summed E-state index contributed by atoms with van der Waals surface area (Å²) in [5.41, 5.74) is 2.67. The average molecular weight is 163 g/mol. The molecule has 1 aromatic carbocycles. The molecule has 0 spiro atoms. The molecule has 0 saturated carbocycles. The smallest absolute Gasteiger partial charge is 0.0368 e. The van der Waals surface area contributed by atoms with Crippen molar-refractivity contribution in [3.8, 4) is 0 Å². The van der Waals surface area contributed by atoms with Crippen LogP contribution in [0.25, 0.3) is 0 Å². The maximum Gasteiger partial charge on any atom is 0.0368 e. The maximum absolute atomic E-state index is 2.35. The largest absolute Gasteiger partial charge is 0.372 e. The minimum absolute atomic E-state index is 1.08. The van der Waals surface area contributed by atoms with Crippen molar-refractivity contribution >= 4 is 5.69 Å². The van der Waals surface area contributed by atoms with Gasteiger partial charge in [0.15, 0.2) is 0 Å². The maximum atomic E-state index is 2.35. The monoisotopic (exact) mass is 163 g/mol. The van der Waals surface area contributed by atoms with Gasteiger partial charge in [0.25, 0.3) is 0 Å². The highest BCUT2D eigenvalue weighted by Gasteiger charge is 1.99. The van der Waals surface area contributed by atoms with E-state index in [9.17, 15) is 0 Å². The molecule has 0 heterocycles. The van der Waals surface area contributed by atoms with Crippen molar-refractivity contribution in [1.82, 2.24) is 0 Å². The second-order valence-corrected chi connectivity index (χ2v) is 3.01. The molecule has 1 rings (SSSR count). The molecular weight excluding hydrogens is 146 g/mol. The van der Waals surface area contributed by atoms with Gasteiger partial charge < -0.3 is 4.90 Å². The van der Waals surface area contributed by atoms with E-state index < -0.39 is 0 Å². The number of rotatable bonds is 3. The first-order chi connectivity index (χ1) is 5.77. The molecule has 0 aromatic heterocycles. The van der Waals surface area contributed by atoms with Gasteiger partial charge in [0.2, 0.25) is 0 Å². The van der Waals surface area contributed by atoms with Crippen molar-refractivity contribution in [2.24, 2.45) is 0 Å². The van der Waals surface area contributed by atoms with Gasteiger partial charge >= 0.3 is 0 Å². The van der Waals surface area contributed by atoms with Gasteiger partial charge in [-0.1, -0.05) is 12.1 Å². The molecule has 0 saturated heterocycles. The molecule has 12 heavy (non-hydrogen) atoms. The highest BCUT2D eigenvalue weighted by molar-refractivity contribution is 5.47. The molecule has 0 aliphatic rings. The summed E-state index contributed by atoms with van der Waals surface area (Å²) >= 11 is 0. The summed E-state index contributed by atoms with van der Waals surface area (Å²) in [7, 11) is 0. The predicted molar refractivity (Wildman–Crippen MR) is 54.7 cm³/mol. The Morgan fingerprint density at radius 1 is 1.17 bits per heavy atom. The van der Waals surface area contributed by atoms with E-state index in [1.165, 1.54) is 11.3 Å². The van der Waals surface area contributed by atoms with E-state index in [2.05, 4.69) is 49.9 Å². The van der Waals surface area contributed by atoms with Crippen LogP contribution in [0.15, 0.2) is 24.3 Å². The Bertz CT molecular complexity index is 239. The Morgan fingerprint density at radius 3 is 2.33 bits per heavy atom. The molecule has 0 unspecified atom stereocenters. The normalized spacial score (nSPS) is 9.92. The average Bonchev–Trinajstić information content (AvgIpc) is 2.07. The Hall–Kier alpha value is -0.980. The molecule has 0 radical (unpaired) electrons. The van der Waals surface area contributed by atoms with Crippen LogP contribution in [0.3, 0.4) is 0 Å². The number of anilines is 1. The molecule has 0 amide bonds. The van der Waals surface area contributed by atoms with E-state index in [1.807, 2.05) is 0 Å². The van der Waals surface area contributed by atoms with Gasteiger partial charge in [-0.3, -0.25) is 0 Å². The number of benzene rings is 1. The van der Waals surface area contributed by atoms with Crippen LogP contribution < -0.4 is 4.90 Å². The lowest BCUT2D eigenvalue weighted by Gasteiger charge is -2.21. The first kappa shape index (κ1) is 9.11. The molecule has 1 nitrogen and oxygen atoms in total. The van der Waals surface area contributed by atoms with E-state index in [1.54, 1.807) is 0 Å². The van der Waals surface area contributed by atoms with Crippen LogP contribution in [0.2, 0.25) is 0 Å². The third-order valence-electron chi connectivity index (χ3n) is 2.13. The minimum Gasteiger partial charge on any atom is -0.372 e. The van der Waals surface area contributed by atoms with Crippen LogP contribution >= 0.6 is 0 Å². The predicted octanol–water partition coefficient (Wildman–Crippen LogP) is 2.84. The van der Waals surface area contributed by atoms with Crippen LogP contribution in [0.5, 0.6) is 0 Å². The van der Waals surface area contributed by atoms with E-state index in [0.29, 0.717) is 0 Å². The molecule has 1 heteroatoms. The van der Waals surface area contributed by atoms with Crippen LogP contribution in [0.4, 0.5) is 5.69 Å². The second kappa shape index (κ2) is 4.15. The number of aryl methyl sites for hydroxylation is 1. The standard InChI is InChI=1S/C11H17N/c1-4-12(5-2)11-8-6-7-10(3)9-11/h6-9H,4-5H2,1-3H3. The summed E-state index contributed by atoms with van der Waals surface area (Å²) < 4.78 is 0. The summed E-state index contributed by atoms with van der Waals surface area (Å²) in [4.78, 5) is 2.35. The molecule has 0 bridgehead atoms. The zero-order chi connectivity index (χ0) is 8.97. The SMILES string of the molecule is CCN(CC)c1cccc(C)c1. The lowest BCUT2D eigenvalue weighted by atomic mass is 10.2. The number of hydrogen-bond acceptors (Lipinski definition) is 1. The van der Waals surface area contributed by atoms with E-state index in [4.69, 9.17) is 0 Å². The van der Waals surface area contributed by atoms with Gasteiger partial charge in [-0.15, -0.1) is 0 Å². The Labute approximate surface area is 75.0 Å². The van der Waals surface area contributed by atoms with Crippen molar-refractivity contribution in [2.45, 2.75) is 20.8 Å². The summed E-state index contributed by atoms with van der Waals surface area (Å²) in [5.74, 6) is 0. The lowest BCUT2D eigenvalue weighted by molar-refractivity contribution is 0.865. The van der Waals surface area contributed by atoms with Crippen LogP contribution in [0, 0.1) is 6.92 Å². The van der Waals surface area contributed by atoms with E-state index in [0.717, 1.165) is 13.1 Å². The van der Waals surface area contributed by atoms with E-state index in [-0.39, 0.29) is 0 Å². The second-order valence-electron chi connectivity index (χ2n) is 3.01. The van der Waals surface area contributed by atoms with Gasteiger partial charge in [-0.2, -0.15) is 0 Å². The molecule has 0 aliphatic heterocycles. The molecular formula is C11H17N. The fraction of sp³-hybridized carbons (Fsp3) is 0.455. The molecule has 1 aromatic rings. The lowest BCUT2D eigenvalue weighted by Crippen LogP contribution is -2.21. The quantitative estimate of drug-likeness (QED) is 0.662. The van der Waals surface area contributed by atoms with Gasteiger partial charge in [0.05, 0.1) is 0 Å². The Balaban J connectivity index is 2.85. The molecule has 0 aliphatic carbocycles. The fourth-order valence-corrected chi connectivity index (χ4v) is 1.41. The third-order valence-corrected chi connectivity index (χ3v) is 2.13. The van der Waals surface area contributed by atoms with Crippen molar-refractivity contribution in [3.05, 3.63) is 29.8 Å². The number of hydrogen-bond donors (Lipinski definition) is 0. The number of nitrogens with zero attached hydrogens (tertiary/aromatic N) is 1. The first-order valence-electron chi connectivity index (χ1n) is 4.59. The molecule has 0 N–H and O–H groups in total. The Morgan fingerprint density at radius 2 is 1.83 bits per heavy atom. The minimum atomic E-state index is 1.08. The fourth-order valence-electron chi connectivity index (χ4n) is 1.41. The highest BCUT2D eigenvalue weighted by atomic mass is 15.1. The van der Waals surface area contributed by atoms with Gasteiger partial charge in [-0.05, 0) is 38.5 Å². The molecule has 0 atom stereocenters. The van der Waals surface area contributed by atoms with Crippen LogP contribution in [-0.2, 0) is 0 Å². The van der Waals surface area contributed by atoms with Crippen molar-refractivity contribution in [3.63, 3.8) is 0 Å². The Kier molecular flexibility index (Phi) is 3.15. The molecule has 66 valence electrons. The van der Waals surface area contributed by atoms with Crippen molar-refractivity contribution < 1.29 is 0 Å². The highest BCUT2D eigenvalue weighted by Crippen LogP contribution is 2.14. The van der Waals surface area contributed by atoms with Crippen molar-refractivity contribution in [2.75, 3.05) is 18.0 Å². The molecule has 0 fully saturated rings. The topological polar surface area (TPSA) is 3.24 Å². The third kappa shape index (κ3) is 2.00.